The average molecular weight is 542 g/mol. The van der Waals surface area contributed by atoms with Crippen LogP contribution in [0, 0.1) is 0 Å². The van der Waals surface area contributed by atoms with E-state index < -0.39 is 0 Å². The maximum absolute atomic E-state index is 3.82. The lowest BCUT2D eigenvalue weighted by Crippen LogP contribution is -2.54. The minimum absolute atomic E-state index is 0.00614. The third-order valence-corrected chi connectivity index (χ3v) is 8.56. The minimum atomic E-state index is -0.0353. The Bertz CT molecular complexity index is 1950. The zero-order chi connectivity index (χ0) is 27.9. The van der Waals surface area contributed by atoms with Crippen LogP contribution in [0.4, 0.5) is 0 Å². The Kier molecular flexibility index (Phi) is 6.27. The summed E-state index contributed by atoms with van der Waals surface area (Å²) in [6, 6.07) is 54.6. The standard InChI is InChI=1S/C39H31N3/c1-3-12-26(13-4-1)37-40-38(27-14-5-2-6-15-27)42-39(41-37)30-17-11-16-28(24-30)29-22-23-35-33-20-8-7-18-31(33)32-19-9-10-21-34(32)36(35)25-29/h1-25,37-42H. The molecule has 7 aromatic rings. The molecule has 1 aliphatic rings. The van der Waals surface area contributed by atoms with Gasteiger partial charge in [0.15, 0.2) is 0 Å². The number of rotatable bonds is 4. The monoisotopic (exact) mass is 541 g/mol. The van der Waals surface area contributed by atoms with Gasteiger partial charge in [0.25, 0.3) is 0 Å². The Morgan fingerprint density at radius 1 is 0.286 bits per heavy atom. The molecule has 8 rings (SSSR count). The van der Waals surface area contributed by atoms with Crippen molar-refractivity contribution in [2.45, 2.75) is 18.5 Å². The summed E-state index contributed by atoms with van der Waals surface area (Å²) >= 11 is 0. The van der Waals surface area contributed by atoms with Crippen LogP contribution in [0.2, 0.25) is 0 Å². The largest absolute Gasteiger partial charge is 0.279 e. The van der Waals surface area contributed by atoms with Gasteiger partial charge in [-0.3, -0.25) is 16.0 Å². The van der Waals surface area contributed by atoms with Crippen LogP contribution in [-0.2, 0) is 0 Å². The second kappa shape index (κ2) is 10.6. The lowest BCUT2D eigenvalue weighted by atomic mass is 9.91. The molecule has 0 amide bonds. The molecule has 0 radical (unpaired) electrons. The molecule has 0 saturated carbocycles. The van der Waals surface area contributed by atoms with Crippen molar-refractivity contribution in [2.75, 3.05) is 0 Å². The molecule has 0 aliphatic carbocycles. The normalized spacial score (nSPS) is 18.9. The van der Waals surface area contributed by atoms with Gasteiger partial charge in [-0.15, -0.1) is 0 Å². The van der Waals surface area contributed by atoms with E-state index in [0.29, 0.717) is 0 Å². The van der Waals surface area contributed by atoms with Crippen LogP contribution in [0.1, 0.15) is 35.2 Å². The van der Waals surface area contributed by atoms with Gasteiger partial charge in [0.2, 0.25) is 0 Å². The summed E-state index contributed by atoms with van der Waals surface area (Å²) in [5.41, 5.74) is 6.07. The molecule has 3 nitrogen and oxygen atoms in total. The van der Waals surface area contributed by atoms with Gasteiger partial charge in [-0.05, 0) is 72.3 Å². The van der Waals surface area contributed by atoms with E-state index in [1.807, 2.05) is 0 Å². The van der Waals surface area contributed by atoms with E-state index >= 15 is 0 Å². The average Bonchev–Trinajstić information content (AvgIpc) is 3.09. The van der Waals surface area contributed by atoms with Crippen LogP contribution in [0.5, 0.6) is 0 Å². The lowest BCUT2D eigenvalue weighted by molar-refractivity contribution is 0.203. The molecule has 0 spiro atoms. The smallest absolute Gasteiger partial charge is 0.0864 e. The topological polar surface area (TPSA) is 36.1 Å². The summed E-state index contributed by atoms with van der Waals surface area (Å²) in [4.78, 5) is 0. The molecule has 1 heterocycles. The third-order valence-electron chi connectivity index (χ3n) is 8.56. The van der Waals surface area contributed by atoms with E-state index in [0.717, 1.165) is 0 Å². The van der Waals surface area contributed by atoms with Crippen molar-refractivity contribution in [3.8, 4) is 11.1 Å². The fraction of sp³-hybridized carbons (Fsp3) is 0.0769. The SMILES string of the molecule is c1ccc(C2NC(c3ccccc3)NC(c3cccc(-c4ccc5c6ccccc6c6ccccc6c5c4)c3)N2)cc1. The summed E-state index contributed by atoms with van der Waals surface area (Å²) in [6.45, 7) is 0. The molecule has 0 bridgehead atoms. The Morgan fingerprint density at radius 3 is 1.24 bits per heavy atom. The van der Waals surface area contributed by atoms with Gasteiger partial charge in [0, 0.05) is 0 Å². The van der Waals surface area contributed by atoms with Crippen molar-refractivity contribution in [2.24, 2.45) is 0 Å². The predicted octanol–water partition coefficient (Wildman–Crippen LogP) is 8.99. The van der Waals surface area contributed by atoms with Gasteiger partial charge in [0.1, 0.15) is 0 Å². The predicted molar refractivity (Wildman–Crippen MR) is 175 cm³/mol. The summed E-state index contributed by atoms with van der Waals surface area (Å²) in [5.74, 6) is 0. The van der Waals surface area contributed by atoms with E-state index in [1.54, 1.807) is 0 Å². The van der Waals surface area contributed by atoms with Crippen LogP contribution >= 0.6 is 0 Å². The molecule has 1 saturated heterocycles. The molecule has 1 fully saturated rings. The first-order valence-corrected chi connectivity index (χ1v) is 14.6. The molecule has 7 aromatic carbocycles. The summed E-state index contributed by atoms with van der Waals surface area (Å²) in [5, 5.41) is 19.2. The number of fused-ring (bicyclic) bond motifs is 6. The van der Waals surface area contributed by atoms with Gasteiger partial charge >= 0.3 is 0 Å². The van der Waals surface area contributed by atoms with Crippen LogP contribution in [0.25, 0.3) is 43.4 Å². The highest BCUT2D eigenvalue weighted by Crippen LogP contribution is 2.37. The molecule has 0 aromatic heterocycles. The van der Waals surface area contributed by atoms with Gasteiger partial charge in [-0.2, -0.15) is 0 Å². The zero-order valence-corrected chi connectivity index (χ0v) is 23.2. The minimum Gasteiger partial charge on any atom is -0.279 e. The summed E-state index contributed by atoms with van der Waals surface area (Å²) in [7, 11) is 0. The van der Waals surface area contributed by atoms with E-state index in [9.17, 15) is 0 Å². The second-order valence-electron chi connectivity index (χ2n) is 11.1. The van der Waals surface area contributed by atoms with Crippen LogP contribution < -0.4 is 16.0 Å². The van der Waals surface area contributed by atoms with Crippen molar-refractivity contribution < 1.29 is 0 Å². The van der Waals surface area contributed by atoms with Crippen molar-refractivity contribution in [1.82, 2.24) is 16.0 Å². The molecule has 3 N–H and O–H groups in total. The maximum Gasteiger partial charge on any atom is 0.0864 e. The Hall–Kier alpha value is -4.80. The molecule has 2 unspecified atom stereocenters. The van der Waals surface area contributed by atoms with Gasteiger partial charge in [-0.25, -0.2) is 0 Å². The summed E-state index contributed by atoms with van der Waals surface area (Å²) < 4.78 is 0. The number of hydrogen-bond acceptors (Lipinski definition) is 3. The molecular weight excluding hydrogens is 510 g/mol. The van der Waals surface area contributed by atoms with Crippen LogP contribution in [0.3, 0.4) is 0 Å². The molecule has 42 heavy (non-hydrogen) atoms. The highest BCUT2D eigenvalue weighted by Gasteiger charge is 2.29. The van der Waals surface area contributed by atoms with Gasteiger partial charge in [-0.1, -0.05) is 140 Å². The van der Waals surface area contributed by atoms with E-state index in [1.165, 1.54) is 60.1 Å². The van der Waals surface area contributed by atoms with Gasteiger partial charge in [0.05, 0.1) is 18.5 Å². The second-order valence-corrected chi connectivity index (χ2v) is 11.1. The number of nitrogens with one attached hydrogen (secondary N) is 3. The highest BCUT2D eigenvalue weighted by molar-refractivity contribution is 6.25. The van der Waals surface area contributed by atoms with Gasteiger partial charge < -0.3 is 0 Å². The fourth-order valence-corrected chi connectivity index (χ4v) is 6.50. The van der Waals surface area contributed by atoms with Crippen LogP contribution in [-0.4, -0.2) is 0 Å². The highest BCUT2D eigenvalue weighted by atomic mass is 15.4. The molecule has 2 atom stereocenters. The quantitative estimate of drug-likeness (QED) is 0.195. The maximum atomic E-state index is 3.82. The molecule has 202 valence electrons. The first-order valence-electron chi connectivity index (χ1n) is 14.6. The van der Waals surface area contributed by atoms with Crippen molar-refractivity contribution in [3.05, 3.63) is 168 Å². The number of benzene rings is 7. The fourth-order valence-electron chi connectivity index (χ4n) is 6.50. The zero-order valence-electron chi connectivity index (χ0n) is 23.2. The first-order chi connectivity index (χ1) is 20.8. The molecular formula is C39H31N3. The van der Waals surface area contributed by atoms with E-state index in [4.69, 9.17) is 0 Å². The van der Waals surface area contributed by atoms with Crippen molar-refractivity contribution in [3.63, 3.8) is 0 Å². The van der Waals surface area contributed by atoms with E-state index in [2.05, 4.69) is 168 Å². The van der Waals surface area contributed by atoms with Crippen molar-refractivity contribution >= 4 is 32.3 Å². The van der Waals surface area contributed by atoms with E-state index in [-0.39, 0.29) is 18.5 Å². The number of hydrogen-bond donors (Lipinski definition) is 3. The Labute approximate surface area is 245 Å². The molecule has 3 heteroatoms. The first kappa shape index (κ1) is 25.0. The van der Waals surface area contributed by atoms with Crippen molar-refractivity contribution in [1.29, 1.82) is 0 Å². The Morgan fingerprint density at radius 2 is 0.690 bits per heavy atom. The van der Waals surface area contributed by atoms with Crippen LogP contribution in [0.15, 0.2) is 152 Å². The Balaban J connectivity index is 1.20. The molecule has 1 aliphatic heterocycles. The lowest BCUT2D eigenvalue weighted by Gasteiger charge is -2.39. The third kappa shape index (κ3) is 4.45. The summed E-state index contributed by atoms with van der Waals surface area (Å²) in [6.07, 6.45) is -0.0231.